The van der Waals surface area contributed by atoms with E-state index in [0.717, 1.165) is 102 Å². The predicted molar refractivity (Wildman–Crippen MR) is 589 cm³/mol. The van der Waals surface area contributed by atoms with E-state index in [9.17, 15) is 0 Å². The molecule has 0 radical (unpaired) electrons. The number of aryl methyl sites for hydroxylation is 17. The summed E-state index contributed by atoms with van der Waals surface area (Å²) in [7, 11) is 0. The largest absolute Gasteiger partial charge is 0.208 e. The lowest BCUT2D eigenvalue weighted by molar-refractivity contribution is 0.794. The molecule has 5 aromatic heterocycles. The van der Waals surface area contributed by atoms with E-state index in [2.05, 4.69) is 470 Å². The van der Waals surface area contributed by atoms with E-state index >= 15 is 0 Å². The Morgan fingerprint density at radius 3 is 0.371 bits per heavy atom. The SMILES string of the molecule is CCCCc1cc(C)c(-c2nc(-c3ccc(C)cc3)nc(-c3ccc(C)cc3)n2)c(C)c1.CCCCc1ccc(-c2nc(-c3ccc(C)cc3)nc(-c3ccc(C)cc3)n2)cc1.Cc1ccc(-c2nc(-c3ccc(C)cc3)nc(-c3ccc(C)cc3)n2)cc1.Cc1ccc(-c2nc(-c3ccc(C)cc3)nc(-c3ccc(C)cc3)n2)cc1.Cc1ccc(-c2nc(-c3ccc(C)cc3)nc(-c3ccc(C)cc3)n2)cc1. The summed E-state index contributed by atoms with van der Waals surface area (Å²) in [5.41, 5.74) is 36.0. The summed E-state index contributed by atoms with van der Waals surface area (Å²) >= 11 is 0. The standard InChI is InChI=1S/C29H31N3.C27H27N3.3C24H21N3/c1-6-7-8-23-17-21(4)26(22(5)18-23)29-31-27(24-13-9-19(2)10-14-24)30-28(32-29)25-15-11-20(3)12-16-25;1-4-5-6-21-11-17-24(18-12-21)27-29-25(22-13-7-19(2)8-14-22)28-26(30-27)23-15-9-20(3)10-16-23;3*1-16-4-10-19(11-5-16)22-25-23(20-12-6-17(2)7-13-20)27-24(26-22)21-14-8-18(3)9-15-21/h9-18H,6-8H2,1-5H3;7-18H,4-6H2,1-3H3;3*4-15H,1-3H3. The number of nitrogens with zero attached hydrogens (tertiary/aromatic N) is 15. The van der Waals surface area contributed by atoms with Crippen molar-refractivity contribution in [1.29, 1.82) is 0 Å². The van der Waals surface area contributed by atoms with E-state index in [1.807, 2.05) is 0 Å². The van der Waals surface area contributed by atoms with Gasteiger partial charge in [0, 0.05) is 83.5 Å². The Hall–Kier alpha value is -16.7. The molecule has 0 unspecified atom stereocenters. The fraction of sp³-hybridized carbons (Fsp3) is 0.180. The average Bonchev–Trinajstić information content (AvgIpc) is 0.782. The van der Waals surface area contributed by atoms with E-state index in [4.69, 9.17) is 74.8 Å². The van der Waals surface area contributed by atoms with Crippen molar-refractivity contribution in [2.75, 3.05) is 0 Å². The molecular formula is C128H121N15. The van der Waals surface area contributed by atoms with Crippen LogP contribution in [0.2, 0.25) is 0 Å². The first-order chi connectivity index (χ1) is 69.3. The van der Waals surface area contributed by atoms with Crippen LogP contribution in [0.4, 0.5) is 0 Å². The Bertz CT molecular complexity index is 6630. The molecule has 20 aromatic rings. The van der Waals surface area contributed by atoms with Crippen LogP contribution >= 0.6 is 0 Å². The van der Waals surface area contributed by atoms with Gasteiger partial charge in [0.1, 0.15) is 0 Å². The highest BCUT2D eigenvalue weighted by atomic mass is 15.1. The van der Waals surface area contributed by atoms with Gasteiger partial charge in [-0.15, -0.1) is 0 Å². The first-order valence-corrected chi connectivity index (χ1v) is 49.2. The van der Waals surface area contributed by atoms with Crippen molar-refractivity contribution in [3.05, 3.63) is 446 Å². The number of aromatic nitrogens is 15. The Morgan fingerprint density at radius 2 is 0.245 bits per heavy atom. The highest BCUT2D eigenvalue weighted by Gasteiger charge is 2.21. The molecule has 20 rings (SSSR count). The second-order valence-electron chi connectivity index (χ2n) is 37.3. The quantitative estimate of drug-likeness (QED) is 0.0659. The van der Waals surface area contributed by atoms with E-state index in [1.54, 1.807) is 0 Å². The van der Waals surface area contributed by atoms with Gasteiger partial charge in [-0.25, -0.2) is 74.8 Å². The van der Waals surface area contributed by atoms with Gasteiger partial charge in [0.05, 0.1) is 0 Å². The minimum atomic E-state index is 0.691. The van der Waals surface area contributed by atoms with E-state index in [0.29, 0.717) is 81.5 Å². The van der Waals surface area contributed by atoms with Crippen molar-refractivity contribution < 1.29 is 0 Å². The Balaban J connectivity index is 0.000000129. The summed E-state index contributed by atoms with van der Waals surface area (Å²) in [6.45, 7) is 35.8. The summed E-state index contributed by atoms with van der Waals surface area (Å²) in [4.78, 5) is 71.9. The zero-order valence-corrected chi connectivity index (χ0v) is 84.9. The average molecular weight is 1870 g/mol. The molecular weight excluding hydrogens is 1750 g/mol. The predicted octanol–water partition coefficient (Wildman–Crippen LogP) is 31.7. The molecule has 0 aliphatic heterocycles. The van der Waals surface area contributed by atoms with E-state index in [1.165, 1.54) is 120 Å². The van der Waals surface area contributed by atoms with E-state index in [-0.39, 0.29) is 0 Å². The van der Waals surface area contributed by atoms with Crippen LogP contribution in [0.15, 0.2) is 352 Å². The number of rotatable bonds is 21. The fourth-order valence-electron chi connectivity index (χ4n) is 16.1. The molecule has 0 spiro atoms. The maximum atomic E-state index is 4.94. The van der Waals surface area contributed by atoms with Crippen LogP contribution in [0.1, 0.15) is 134 Å². The maximum absolute atomic E-state index is 4.94. The topological polar surface area (TPSA) is 193 Å². The fourth-order valence-corrected chi connectivity index (χ4v) is 16.1. The highest BCUT2D eigenvalue weighted by Crippen LogP contribution is 2.36. The van der Waals surface area contributed by atoms with Crippen molar-refractivity contribution in [3.63, 3.8) is 0 Å². The number of benzene rings is 15. The normalized spacial score (nSPS) is 10.9. The molecule has 0 aliphatic rings. The molecule has 0 fully saturated rings. The summed E-state index contributed by atoms with van der Waals surface area (Å²) < 4.78 is 0. The first kappa shape index (κ1) is 99.4. The first-order valence-electron chi connectivity index (χ1n) is 49.2. The molecule has 15 aromatic carbocycles. The van der Waals surface area contributed by atoms with Gasteiger partial charge in [0.15, 0.2) is 87.4 Å². The van der Waals surface area contributed by atoms with Crippen molar-refractivity contribution >= 4 is 0 Å². The van der Waals surface area contributed by atoms with Crippen LogP contribution in [0.3, 0.4) is 0 Å². The van der Waals surface area contributed by atoms with E-state index < -0.39 is 0 Å². The summed E-state index contributed by atoms with van der Waals surface area (Å²) in [5, 5.41) is 0. The summed E-state index contributed by atoms with van der Waals surface area (Å²) in [6, 6.07) is 121. The maximum Gasteiger partial charge on any atom is 0.164 e. The van der Waals surface area contributed by atoms with Gasteiger partial charge in [-0.1, -0.05) is 451 Å². The smallest absolute Gasteiger partial charge is 0.164 e. The van der Waals surface area contributed by atoms with Crippen LogP contribution in [0.25, 0.3) is 171 Å². The van der Waals surface area contributed by atoms with Gasteiger partial charge in [0.2, 0.25) is 0 Å². The Morgan fingerprint density at radius 1 is 0.133 bits per heavy atom. The molecule has 0 aliphatic carbocycles. The lowest BCUT2D eigenvalue weighted by Gasteiger charge is -2.14. The highest BCUT2D eigenvalue weighted by molar-refractivity contribution is 5.75. The van der Waals surface area contributed by atoms with Crippen molar-refractivity contribution in [2.24, 2.45) is 0 Å². The molecule has 15 heteroatoms. The van der Waals surface area contributed by atoms with Crippen LogP contribution in [-0.4, -0.2) is 74.8 Å². The van der Waals surface area contributed by atoms with Crippen LogP contribution in [0, 0.1) is 104 Å². The molecule has 5 heterocycles. The Labute approximate surface area is 842 Å². The lowest BCUT2D eigenvalue weighted by atomic mass is 9.96. The van der Waals surface area contributed by atoms with Crippen molar-refractivity contribution in [2.45, 2.75) is 156 Å². The van der Waals surface area contributed by atoms with Gasteiger partial charge in [-0.3, -0.25) is 0 Å². The second kappa shape index (κ2) is 46.9. The number of unbranched alkanes of at least 4 members (excludes halogenated alkanes) is 2. The molecule has 0 N–H and O–H groups in total. The third kappa shape index (κ3) is 26.7. The minimum Gasteiger partial charge on any atom is -0.208 e. The summed E-state index contributed by atoms with van der Waals surface area (Å²) in [5.74, 6) is 10.5. The number of hydrogen-bond donors (Lipinski definition) is 0. The third-order valence-corrected chi connectivity index (χ3v) is 24.9. The summed E-state index contributed by atoms with van der Waals surface area (Å²) in [6.07, 6.45) is 7.04. The molecule has 0 atom stereocenters. The molecule has 15 nitrogen and oxygen atoms in total. The minimum absolute atomic E-state index is 0.691. The zero-order valence-electron chi connectivity index (χ0n) is 84.9. The Kier molecular flexibility index (Phi) is 32.6. The van der Waals surface area contributed by atoms with Crippen LogP contribution < -0.4 is 0 Å². The molecule has 708 valence electrons. The van der Waals surface area contributed by atoms with Crippen molar-refractivity contribution in [1.82, 2.24) is 74.8 Å². The van der Waals surface area contributed by atoms with Gasteiger partial charge < -0.3 is 0 Å². The number of hydrogen-bond acceptors (Lipinski definition) is 15. The third-order valence-electron chi connectivity index (χ3n) is 24.9. The van der Waals surface area contributed by atoms with Gasteiger partial charge >= 0.3 is 0 Å². The van der Waals surface area contributed by atoms with Gasteiger partial charge in [0.25, 0.3) is 0 Å². The lowest BCUT2D eigenvalue weighted by Crippen LogP contribution is -2.03. The second-order valence-corrected chi connectivity index (χ2v) is 37.3. The molecule has 0 amide bonds. The monoisotopic (exact) mass is 1870 g/mol. The molecule has 143 heavy (non-hydrogen) atoms. The van der Waals surface area contributed by atoms with Gasteiger partial charge in [-0.2, -0.15) is 0 Å². The van der Waals surface area contributed by atoms with Crippen molar-refractivity contribution in [3.8, 4) is 171 Å². The van der Waals surface area contributed by atoms with Crippen LogP contribution in [-0.2, 0) is 12.8 Å². The zero-order chi connectivity index (χ0) is 100.0. The molecule has 0 saturated carbocycles. The molecule has 0 saturated heterocycles. The van der Waals surface area contributed by atoms with Gasteiger partial charge in [-0.05, 0) is 152 Å². The van der Waals surface area contributed by atoms with Crippen LogP contribution in [0.5, 0.6) is 0 Å². The molecule has 0 bridgehead atoms.